The van der Waals surface area contributed by atoms with E-state index in [0.717, 1.165) is 5.75 Å². The van der Waals surface area contributed by atoms with Crippen LogP contribution in [0.4, 0.5) is 13.2 Å². The van der Waals surface area contributed by atoms with E-state index in [1.807, 2.05) is 0 Å². The first-order valence-electron chi connectivity index (χ1n) is 4.97. The number of thioether (sulfide) groups is 1. The Kier molecular flexibility index (Phi) is 5.09. The Morgan fingerprint density at radius 2 is 1.86 bits per heavy atom. The molecule has 1 rings (SSSR count). The summed E-state index contributed by atoms with van der Waals surface area (Å²) in [5, 5.41) is 3.10. The Hall–Kier alpha value is 0.100. The quantitative estimate of drug-likeness (QED) is 0.725. The zero-order chi connectivity index (χ0) is 10.4. The summed E-state index contributed by atoms with van der Waals surface area (Å²) in [4.78, 5) is 0. The van der Waals surface area contributed by atoms with Crippen LogP contribution in [0.3, 0.4) is 0 Å². The van der Waals surface area contributed by atoms with Gasteiger partial charge >= 0.3 is 6.18 Å². The molecule has 0 unspecified atom stereocenters. The maximum atomic E-state index is 11.7. The standard InChI is InChI=1S/C9H16F3NS/c10-9(11,12)7-13-5-6-14-8-3-1-2-4-8/h8,13H,1-7H2. The largest absolute Gasteiger partial charge is 0.401 e. The highest BCUT2D eigenvalue weighted by atomic mass is 32.2. The van der Waals surface area contributed by atoms with Crippen LogP contribution in [-0.2, 0) is 0 Å². The first-order valence-corrected chi connectivity index (χ1v) is 6.02. The molecule has 1 aliphatic rings. The minimum Gasteiger partial charge on any atom is -0.308 e. The molecule has 5 heteroatoms. The molecule has 0 aliphatic heterocycles. The van der Waals surface area contributed by atoms with E-state index < -0.39 is 12.7 Å². The lowest BCUT2D eigenvalue weighted by Crippen LogP contribution is -2.30. The number of hydrogen-bond donors (Lipinski definition) is 1. The molecule has 14 heavy (non-hydrogen) atoms. The maximum absolute atomic E-state index is 11.7. The molecule has 0 bridgehead atoms. The summed E-state index contributed by atoms with van der Waals surface area (Å²) < 4.78 is 35.1. The fraction of sp³-hybridized carbons (Fsp3) is 1.00. The van der Waals surface area contributed by atoms with Crippen molar-refractivity contribution < 1.29 is 13.2 Å². The average molecular weight is 227 g/mol. The predicted octanol–water partition coefficient (Wildman–Crippen LogP) is 2.81. The maximum Gasteiger partial charge on any atom is 0.401 e. The van der Waals surface area contributed by atoms with Crippen LogP contribution in [0.2, 0.25) is 0 Å². The third-order valence-corrected chi connectivity index (χ3v) is 3.64. The zero-order valence-electron chi connectivity index (χ0n) is 8.07. The lowest BCUT2D eigenvalue weighted by atomic mass is 10.4. The van der Waals surface area contributed by atoms with Crippen molar-refractivity contribution in [1.29, 1.82) is 0 Å². The molecule has 0 aromatic rings. The van der Waals surface area contributed by atoms with Gasteiger partial charge in [0.05, 0.1) is 6.54 Å². The van der Waals surface area contributed by atoms with Crippen LogP contribution in [0.25, 0.3) is 0 Å². The van der Waals surface area contributed by atoms with Crippen molar-refractivity contribution in [3.8, 4) is 0 Å². The molecule has 0 aromatic heterocycles. The van der Waals surface area contributed by atoms with E-state index in [-0.39, 0.29) is 0 Å². The second-order valence-corrected chi connectivity index (χ2v) is 4.98. The van der Waals surface area contributed by atoms with Gasteiger partial charge in [-0.1, -0.05) is 12.8 Å². The minimum atomic E-state index is -4.07. The highest BCUT2D eigenvalue weighted by Gasteiger charge is 2.26. The van der Waals surface area contributed by atoms with Crippen LogP contribution in [0.5, 0.6) is 0 Å². The fourth-order valence-electron chi connectivity index (χ4n) is 1.58. The van der Waals surface area contributed by atoms with Gasteiger partial charge in [0.25, 0.3) is 0 Å². The van der Waals surface area contributed by atoms with Crippen molar-refractivity contribution in [1.82, 2.24) is 5.32 Å². The van der Waals surface area contributed by atoms with Gasteiger partial charge in [0, 0.05) is 17.5 Å². The van der Waals surface area contributed by atoms with Crippen molar-refractivity contribution in [2.45, 2.75) is 37.1 Å². The monoisotopic (exact) mass is 227 g/mol. The van der Waals surface area contributed by atoms with E-state index in [4.69, 9.17) is 0 Å². The highest BCUT2D eigenvalue weighted by molar-refractivity contribution is 7.99. The molecular formula is C9H16F3NS. The molecule has 0 amide bonds. The molecule has 0 atom stereocenters. The molecule has 1 fully saturated rings. The van der Waals surface area contributed by atoms with Gasteiger partial charge in [-0.3, -0.25) is 0 Å². The van der Waals surface area contributed by atoms with Crippen molar-refractivity contribution in [2.75, 3.05) is 18.8 Å². The first kappa shape index (κ1) is 12.2. The fourth-order valence-corrected chi connectivity index (χ4v) is 2.85. The summed E-state index contributed by atoms with van der Waals surface area (Å²) in [5.74, 6) is 0.792. The van der Waals surface area contributed by atoms with Crippen molar-refractivity contribution in [3.63, 3.8) is 0 Å². The zero-order valence-corrected chi connectivity index (χ0v) is 8.89. The van der Waals surface area contributed by atoms with E-state index in [9.17, 15) is 13.2 Å². The van der Waals surface area contributed by atoms with Crippen LogP contribution in [-0.4, -0.2) is 30.3 Å². The summed E-state index contributed by atoms with van der Waals surface area (Å²) in [6, 6.07) is 0. The molecule has 0 aromatic carbocycles. The number of rotatable bonds is 5. The topological polar surface area (TPSA) is 12.0 Å². The number of hydrogen-bond acceptors (Lipinski definition) is 2. The second-order valence-electron chi connectivity index (χ2n) is 3.57. The number of halogens is 3. The van der Waals surface area contributed by atoms with Gasteiger partial charge in [-0.2, -0.15) is 24.9 Å². The van der Waals surface area contributed by atoms with Crippen molar-refractivity contribution >= 4 is 11.8 Å². The van der Waals surface area contributed by atoms with Gasteiger partial charge in [0.1, 0.15) is 0 Å². The Morgan fingerprint density at radius 3 is 2.43 bits per heavy atom. The number of alkyl halides is 3. The Bertz CT molecular complexity index is 155. The molecular weight excluding hydrogens is 211 g/mol. The smallest absolute Gasteiger partial charge is 0.308 e. The van der Waals surface area contributed by atoms with Gasteiger partial charge in [-0.15, -0.1) is 0 Å². The lowest BCUT2D eigenvalue weighted by molar-refractivity contribution is -0.124. The summed E-state index contributed by atoms with van der Waals surface area (Å²) in [6.07, 6.45) is 0.979. The summed E-state index contributed by atoms with van der Waals surface area (Å²) in [6.45, 7) is -0.404. The molecule has 1 saturated carbocycles. The summed E-state index contributed by atoms with van der Waals surface area (Å²) in [5.41, 5.74) is 0. The van der Waals surface area contributed by atoms with Crippen LogP contribution < -0.4 is 5.32 Å². The molecule has 0 saturated heterocycles. The van der Waals surface area contributed by atoms with Crippen LogP contribution in [0.15, 0.2) is 0 Å². The molecule has 1 aliphatic carbocycles. The van der Waals surface area contributed by atoms with Gasteiger partial charge in [0.15, 0.2) is 0 Å². The summed E-state index contributed by atoms with van der Waals surface area (Å²) >= 11 is 1.80. The minimum absolute atomic E-state index is 0.459. The van der Waals surface area contributed by atoms with E-state index >= 15 is 0 Å². The molecule has 0 radical (unpaired) electrons. The molecule has 1 nitrogen and oxygen atoms in total. The molecule has 1 N–H and O–H groups in total. The van der Waals surface area contributed by atoms with E-state index in [1.54, 1.807) is 11.8 Å². The van der Waals surface area contributed by atoms with Crippen LogP contribution in [0.1, 0.15) is 25.7 Å². The predicted molar refractivity (Wildman–Crippen MR) is 53.6 cm³/mol. The van der Waals surface area contributed by atoms with Gasteiger partial charge in [-0.05, 0) is 12.8 Å². The van der Waals surface area contributed by atoms with Gasteiger partial charge in [-0.25, -0.2) is 0 Å². The normalized spacial score (nSPS) is 19.1. The SMILES string of the molecule is FC(F)(F)CNCCSC1CCCC1. The Labute approximate surface area is 86.8 Å². The first-order chi connectivity index (χ1) is 6.58. The van der Waals surface area contributed by atoms with E-state index in [0.29, 0.717) is 11.8 Å². The molecule has 0 heterocycles. The van der Waals surface area contributed by atoms with Crippen molar-refractivity contribution in [2.24, 2.45) is 0 Å². The number of nitrogens with one attached hydrogen (secondary N) is 1. The average Bonchev–Trinajstić information content (AvgIpc) is 2.54. The Morgan fingerprint density at radius 1 is 1.21 bits per heavy atom. The Balaban J connectivity index is 1.89. The van der Waals surface area contributed by atoms with E-state index in [2.05, 4.69) is 5.32 Å². The van der Waals surface area contributed by atoms with Crippen molar-refractivity contribution in [3.05, 3.63) is 0 Å². The summed E-state index contributed by atoms with van der Waals surface area (Å²) in [7, 11) is 0. The lowest BCUT2D eigenvalue weighted by Gasteiger charge is -2.10. The second kappa shape index (κ2) is 5.85. The van der Waals surface area contributed by atoms with E-state index in [1.165, 1.54) is 25.7 Å². The highest BCUT2D eigenvalue weighted by Crippen LogP contribution is 2.28. The van der Waals surface area contributed by atoms with Gasteiger partial charge < -0.3 is 5.32 Å². The molecule has 84 valence electrons. The van der Waals surface area contributed by atoms with Crippen LogP contribution in [0, 0.1) is 0 Å². The third kappa shape index (κ3) is 5.75. The van der Waals surface area contributed by atoms with Gasteiger partial charge in [0.2, 0.25) is 0 Å². The van der Waals surface area contributed by atoms with Crippen LogP contribution >= 0.6 is 11.8 Å². The third-order valence-electron chi connectivity index (χ3n) is 2.26. The molecule has 0 spiro atoms.